The predicted molar refractivity (Wildman–Crippen MR) is 101 cm³/mol. The Morgan fingerprint density at radius 1 is 1.12 bits per heavy atom. The molecule has 1 aromatic heterocycles. The maximum atomic E-state index is 12.0. The van der Waals surface area contributed by atoms with Crippen molar-refractivity contribution in [2.45, 2.75) is 38.6 Å². The number of halogens is 1. The molecule has 1 aliphatic rings. The van der Waals surface area contributed by atoms with Gasteiger partial charge in [-0.1, -0.05) is 24.4 Å². The van der Waals surface area contributed by atoms with Gasteiger partial charge in [-0.2, -0.15) is 4.80 Å². The molecule has 0 atom stereocenters. The van der Waals surface area contributed by atoms with Crippen molar-refractivity contribution in [2.24, 2.45) is 0 Å². The summed E-state index contributed by atoms with van der Waals surface area (Å²) < 4.78 is 0. The third-order valence-corrected chi connectivity index (χ3v) is 4.76. The quantitative estimate of drug-likeness (QED) is 0.751. The Morgan fingerprint density at radius 2 is 1.85 bits per heavy atom. The molecule has 0 aliphatic carbocycles. The van der Waals surface area contributed by atoms with E-state index >= 15 is 0 Å². The fraction of sp³-hybridized carbons (Fsp3) is 0.556. The number of rotatable bonds is 7. The Kier molecular flexibility index (Phi) is 6.96. The number of benzene rings is 1. The van der Waals surface area contributed by atoms with Crippen LogP contribution in [0.4, 0.5) is 0 Å². The molecular formula is C18H25ClN6O. The molecular weight excluding hydrogens is 352 g/mol. The Morgan fingerprint density at radius 3 is 2.58 bits per heavy atom. The lowest BCUT2D eigenvalue weighted by Crippen LogP contribution is -2.32. The van der Waals surface area contributed by atoms with E-state index in [0.717, 1.165) is 18.5 Å². The highest BCUT2D eigenvalue weighted by Gasteiger charge is 2.10. The first-order valence-electron chi connectivity index (χ1n) is 9.23. The second-order valence-electron chi connectivity index (χ2n) is 6.61. The Hall–Kier alpha value is -1.99. The maximum absolute atomic E-state index is 12.0. The zero-order chi connectivity index (χ0) is 18.2. The summed E-state index contributed by atoms with van der Waals surface area (Å²) >= 11 is 5.87. The summed E-state index contributed by atoms with van der Waals surface area (Å²) in [4.78, 5) is 15.8. The van der Waals surface area contributed by atoms with Gasteiger partial charge in [-0.25, -0.2) is 0 Å². The van der Waals surface area contributed by atoms with Crippen LogP contribution in [0.25, 0.3) is 11.4 Å². The second kappa shape index (κ2) is 9.64. The molecule has 8 heteroatoms. The number of tetrazole rings is 1. The lowest BCUT2D eigenvalue weighted by molar-refractivity contribution is -0.122. The number of hydrogen-bond acceptors (Lipinski definition) is 5. The molecule has 140 valence electrons. The summed E-state index contributed by atoms with van der Waals surface area (Å²) in [5.41, 5.74) is 0.818. The fourth-order valence-corrected chi connectivity index (χ4v) is 3.23. The van der Waals surface area contributed by atoms with Gasteiger partial charge in [0.1, 0.15) is 6.54 Å². The molecule has 26 heavy (non-hydrogen) atoms. The second-order valence-corrected chi connectivity index (χ2v) is 7.05. The number of likely N-dealkylation sites (tertiary alicyclic amines) is 1. The summed E-state index contributed by atoms with van der Waals surface area (Å²) in [6.07, 6.45) is 6.24. The topological polar surface area (TPSA) is 75.9 Å². The highest BCUT2D eigenvalue weighted by atomic mass is 35.5. The van der Waals surface area contributed by atoms with Crippen LogP contribution in [-0.4, -0.2) is 57.2 Å². The van der Waals surface area contributed by atoms with Crippen LogP contribution in [-0.2, 0) is 11.3 Å². The molecule has 3 rings (SSSR count). The van der Waals surface area contributed by atoms with Crippen molar-refractivity contribution in [3.63, 3.8) is 0 Å². The van der Waals surface area contributed by atoms with Crippen molar-refractivity contribution < 1.29 is 4.79 Å². The summed E-state index contributed by atoms with van der Waals surface area (Å²) in [6.45, 7) is 4.16. The molecule has 0 spiro atoms. The smallest absolute Gasteiger partial charge is 0.243 e. The number of carbonyl (C=O) groups is 1. The van der Waals surface area contributed by atoms with Crippen LogP contribution < -0.4 is 5.32 Å². The number of carbonyl (C=O) groups excluding carboxylic acids is 1. The third-order valence-electron chi connectivity index (χ3n) is 4.51. The Labute approximate surface area is 158 Å². The predicted octanol–water partition coefficient (Wildman–Crippen LogP) is 2.38. The number of nitrogens with one attached hydrogen (secondary N) is 1. The highest BCUT2D eigenvalue weighted by Crippen LogP contribution is 2.16. The first-order valence-corrected chi connectivity index (χ1v) is 9.61. The third kappa shape index (κ3) is 5.78. The van der Waals surface area contributed by atoms with Crippen LogP contribution in [0.3, 0.4) is 0 Å². The molecule has 0 saturated carbocycles. The van der Waals surface area contributed by atoms with E-state index in [-0.39, 0.29) is 12.5 Å². The highest BCUT2D eigenvalue weighted by molar-refractivity contribution is 6.30. The first-order chi connectivity index (χ1) is 12.7. The first kappa shape index (κ1) is 18.8. The summed E-state index contributed by atoms with van der Waals surface area (Å²) in [6, 6.07) is 7.20. The van der Waals surface area contributed by atoms with Crippen LogP contribution in [0.1, 0.15) is 32.1 Å². The molecule has 7 nitrogen and oxygen atoms in total. The average Bonchev–Trinajstić information content (AvgIpc) is 2.94. The lowest BCUT2D eigenvalue weighted by Gasteiger charge is -2.19. The van der Waals surface area contributed by atoms with Crippen molar-refractivity contribution in [3.05, 3.63) is 29.3 Å². The molecule has 1 fully saturated rings. The molecule has 0 radical (unpaired) electrons. The SMILES string of the molecule is O=C(Cn1nnc(-c2ccc(Cl)cc2)n1)NCCCN1CCCCCC1. The molecule has 1 saturated heterocycles. The molecule has 0 unspecified atom stereocenters. The number of nitrogens with zero attached hydrogens (tertiary/aromatic N) is 5. The monoisotopic (exact) mass is 376 g/mol. The van der Waals surface area contributed by atoms with E-state index in [9.17, 15) is 4.79 Å². The lowest BCUT2D eigenvalue weighted by atomic mass is 10.2. The molecule has 1 aliphatic heterocycles. The molecule has 1 aromatic carbocycles. The minimum Gasteiger partial charge on any atom is -0.354 e. The standard InChI is InChI=1S/C18H25ClN6O/c19-16-8-6-15(7-9-16)18-21-23-25(22-18)14-17(26)20-10-5-13-24-11-3-1-2-4-12-24/h6-9H,1-5,10-14H2,(H,20,26). The van der Waals surface area contributed by atoms with Crippen LogP contribution in [0, 0.1) is 0 Å². The van der Waals surface area contributed by atoms with Gasteiger partial charge in [-0.15, -0.1) is 10.2 Å². The van der Waals surface area contributed by atoms with E-state index in [4.69, 9.17) is 11.6 Å². The van der Waals surface area contributed by atoms with E-state index in [1.807, 2.05) is 12.1 Å². The van der Waals surface area contributed by atoms with E-state index in [0.29, 0.717) is 17.4 Å². The fourth-order valence-electron chi connectivity index (χ4n) is 3.10. The van der Waals surface area contributed by atoms with Crippen molar-refractivity contribution in [3.8, 4) is 11.4 Å². The van der Waals surface area contributed by atoms with Gasteiger partial charge in [0, 0.05) is 17.1 Å². The zero-order valence-electron chi connectivity index (χ0n) is 14.9. The van der Waals surface area contributed by atoms with Gasteiger partial charge in [0.05, 0.1) is 0 Å². The van der Waals surface area contributed by atoms with Crippen LogP contribution in [0.15, 0.2) is 24.3 Å². The zero-order valence-corrected chi connectivity index (χ0v) is 15.7. The minimum atomic E-state index is -0.0964. The summed E-state index contributed by atoms with van der Waals surface area (Å²) in [5.74, 6) is 0.386. The normalized spacial score (nSPS) is 15.6. The maximum Gasteiger partial charge on any atom is 0.243 e. The number of aromatic nitrogens is 4. The number of amides is 1. The van der Waals surface area contributed by atoms with E-state index in [1.54, 1.807) is 12.1 Å². The summed E-state index contributed by atoms with van der Waals surface area (Å²) in [5, 5.41) is 15.8. The minimum absolute atomic E-state index is 0.0737. The number of hydrogen-bond donors (Lipinski definition) is 1. The van der Waals surface area contributed by atoms with Gasteiger partial charge >= 0.3 is 0 Å². The van der Waals surface area contributed by atoms with Gasteiger partial charge in [0.15, 0.2) is 0 Å². The van der Waals surface area contributed by atoms with Gasteiger partial charge < -0.3 is 10.2 Å². The Balaban J connectivity index is 1.39. The largest absolute Gasteiger partial charge is 0.354 e. The van der Waals surface area contributed by atoms with Gasteiger partial charge in [0.25, 0.3) is 0 Å². The van der Waals surface area contributed by atoms with Gasteiger partial charge in [-0.3, -0.25) is 4.79 Å². The van der Waals surface area contributed by atoms with E-state index in [1.165, 1.54) is 43.6 Å². The van der Waals surface area contributed by atoms with Crippen LogP contribution >= 0.6 is 11.6 Å². The summed E-state index contributed by atoms with van der Waals surface area (Å²) in [7, 11) is 0. The van der Waals surface area contributed by atoms with Gasteiger partial charge in [-0.05, 0) is 68.4 Å². The van der Waals surface area contributed by atoms with E-state index < -0.39 is 0 Å². The van der Waals surface area contributed by atoms with Crippen molar-refractivity contribution in [1.29, 1.82) is 0 Å². The molecule has 2 heterocycles. The molecule has 1 N–H and O–H groups in total. The van der Waals surface area contributed by atoms with Crippen molar-refractivity contribution >= 4 is 17.5 Å². The molecule has 1 amide bonds. The van der Waals surface area contributed by atoms with Crippen molar-refractivity contribution in [1.82, 2.24) is 30.4 Å². The molecule has 0 bridgehead atoms. The van der Waals surface area contributed by atoms with Crippen molar-refractivity contribution in [2.75, 3.05) is 26.2 Å². The molecule has 2 aromatic rings. The van der Waals surface area contributed by atoms with Crippen LogP contribution in [0.5, 0.6) is 0 Å². The van der Waals surface area contributed by atoms with Crippen LogP contribution in [0.2, 0.25) is 5.02 Å². The average molecular weight is 377 g/mol. The van der Waals surface area contributed by atoms with E-state index in [2.05, 4.69) is 25.6 Å². The Bertz CT molecular complexity index is 694. The van der Waals surface area contributed by atoms with Gasteiger partial charge in [0.2, 0.25) is 11.7 Å².